The maximum Gasteiger partial charge on any atom is 0.309 e. The number of ketones is 1. The molecule has 164 valence electrons. The molecule has 0 unspecified atom stereocenters. The molecule has 0 spiro atoms. The predicted octanol–water partition coefficient (Wildman–Crippen LogP) is 1.93. The highest BCUT2D eigenvalue weighted by atomic mass is 32.2. The Hall–Kier alpha value is -1.71. The fourth-order valence-corrected chi connectivity index (χ4v) is 4.81. The molecule has 0 saturated carbocycles. The Balaban J connectivity index is 1.88. The lowest BCUT2D eigenvalue weighted by atomic mass is 9.98. The van der Waals surface area contributed by atoms with Crippen molar-refractivity contribution in [3.05, 3.63) is 23.0 Å². The normalized spacial score (nSPS) is 16.1. The molecule has 8 nitrogen and oxygen atoms in total. The quantitative estimate of drug-likeness (QED) is 0.321. The number of aromatic nitrogens is 1. The van der Waals surface area contributed by atoms with E-state index in [4.69, 9.17) is 9.47 Å². The van der Waals surface area contributed by atoms with Crippen molar-refractivity contribution in [3.63, 3.8) is 0 Å². The number of rotatable bonds is 10. The van der Waals surface area contributed by atoms with Crippen molar-refractivity contribution in [1.82, 2.24) is 8.87 Å². The summed E-state index contributed by atoms with van der Waals surface area (Å²) in [5.74, 6) is -0.968. The average Bonchev–Trinajstić information content (AvgIpc) is 3.00. The number of aryl methyl sites for hydroxylation is 1. The van der Waals surface area contributed by atoms with Gasteiger partial charge in [0, 0.05) is 50.3 Å². The molecule has 0 N–H and O–H groups in total. The number of Topliss-reactive ketones (excluding diaryl/α,β-unsaturated/α-hetero) is 1. The topological polar surface area (TPSA) is 94.9 Å². The van der Waals surface area contributed by atoms with Gasteiger partial charge in [-0.1, -0.05) is 0 Å². The molecule has 9 heteroatoms. The summed E-state index contributed by atoms with van der Waals surface area (Å²) in [5.41, 5.74) is 2.41. The molecule has 0 atom stereocenters. The van der Waals surface area contributed by atoms with E-state index in [2.05, 4.69) is 4.57 Å². The van der Waals surface area contributed by atoms with Crippen molar-refractivity contribution in [2.45, 2.75) is 46.6 Å². The summed E-state index contributed by atoms with van der Waals surface area (Å²) in [7, 11) is -1.57. The van der Waals surface area contributed by atoms with E-state index in [-0.39, 0.29) is 24.1 Å². The lowest BCUT2D eigenvalue weighted by Crippen LogP contribution is -2.41. The van der Waals surface area contributed by atoms with Gasteiger partial charge in [-0.05, 0) is 46.1 Å². The van der Waals surface area contributed by atoms with Crippen LogP contribution < -0.4 is 0 Å². The van der Waals surface area contributed by atoms with E-state index in [0.29, 0.717) is 38.1 Å². The molecule has 0 aromatic carbocycles. The van der Waals surface area contributed by atoms with Crippen LogP contribution >= 0.6 is 0 Å². The Labute approximate surface area is 173 Å². The SMILES string of the molecule is CCS(=O)(=O)N1CCC(C(=O)OCC(=O)c2cc(C)n(CCCOC)c2C)CC1. The number of hydrogen-bond donors (Lipinski definition) is 0. The zero-order valence-electron chi connectivity index (χ0n) is 17.8. The lowest BCUT2D eigenvalue weighted by molar-refractivity contribution is -0.148. The number of carbonyl (C=O) groups is 2. The number of hydrogen-bond acceptors (Lipinski definition) is 6. The summed E-state index contributed by atoms with van der Waals surface area (Å²) < 4.78 is 37.6. The highest BCUT2D eigenvalue weighted by Gasteiger charge is 2.31. The van der Waals surface area contributed by atoms with Gasteiger partial charge >= 0.3 is 5.97 Å². The van der Waals surface area contributed by atoms with Gasteiger partial charge in [0.15, 0.2) is 6.61 Å². The molecule has 2 rings (SSSR count). The molecule has 1 aliphatic heterocycles. The maximum absolute atomic E-state index is 12.6. The Morgan fingerprint density at radius 3 is 2.45 bits per heavy atom. The Kier molecular flexibility index (Phi) is 8.42. The highest BCUT2D eigenvalue weighted by Crippen LogP contribution is 2.22. The van der Waals surface area contributed by atoms with Crippen LogP contribution in [0.3, 0.4) is 0 Å². The number of methoxy groups -OCH3 is 1. The zero-order valence-corrected chi connectivity index (χ0v) is 18.6. The molecule has 1 aromatic heterocycles. The number of esters is 1. The van der Waals surface area contributed by atoms with Crippen LogP contribution in [0.4, 0.5) is 0 Å². The van der Waals surface area contributed by atoms with Gasteiger partial charge in [0.25, 0.3) is 0 Å². The van der Waals surface area contributed by atoms with Crippen LogP contribution in [-0.2, 0) is 30.8 Å². The molecule has 29 heavy (non-hydrogen) atoms. The fourth-order valence-electron chi connectivity index (χ4n) is 3.68. The van der Waals surface area contributed by atoms with Gasteiger partial charge in [-0.15, -0.1) is 0 Å². The number of piperidine rings is 1. The minimum absolute atomic E-state index is 0.0561. The van der Waals surface area contributed by atoms with Crippen molar-refractivity contribution in [2.75, 3.05) is 39.2 Å². The first-order valence-corrected chi connectivity index (χ1v) is 11.7. The third-order valence-corrected chi connectivity index (χ3v) is 7.38. The highest BCUT2D eigenvalue weighted by molar-refractivity contribution is 7.89. The van der Waals surface area contributed by atoms with Crippen LogP contribution in [0.5, 0.6) is 0 Å². The summed E-state index contributed by atoms with van der Waals surface area (Å²) in [4.78, 5) is 24.9. The molecule has 1 fully saturated rings. The monoisotopic (exact) mass is 428 g/mol. The van der Waals surface area contributed by atoms with Crippen molar-refractivity contribution in [2.24, 2.45) is 5.92 Å². The van der Waals surface area contributed by atoms with Crippen LogP contribution in [-0.4, -0.2) is 68.2 Å². The molecular weight excluding hydrogens is 396 g/mol. The predicted molar refractivity (Wildman–Crippen MR) is 109 cm³/mol. The first-order chi connectivity index (χ1) is 13.7. The Bertz CT molecular complexity index is 822. The van der Waals surface area contributed by atoms with E-state index < -0.39 is 16.0 Å². The largest absolute Gasteiger partial charge is 0.457 e. The van der Waals surface area contributed by atoms with E-state index in [1.807, 2.05) is 19.9 Å². The zero-order chi connectivity index (χ0) is 21.6. The van der Waals surface area contributed by atoms with Gasteiger partial charge in [-0.3, -0.25) is 9.59 Å². The van der Waals surface area contributed by atoms with Gasteiger partial charge in [0.05, 0.1) is 11.7 Å². The third kappa shape index (κ3) is 5.90. The summed E-state index contributed by atoms with van der Waals surface area (Å²) >= 11 is 0. The average molecular weight is 429 g/mol. The number of ether oxygens (including phenoxy) is 2. The van der Waals surface area contributed by atoms with Gasteiger partial charge < -0.3 is 14.0 Å². The van der Waals surface area contributed by atoms with Crippen LogP contribution in [0, 0.1) is 19.8 Å². The van der Waals surface area contributed by atoms with E-state index in [9.17, 15) is 18.0 Å². The lowest BCUT2D eigenvalue weighted by Gasteiger charge is -2.29. The molecule has 0 amide bonds. The summed E-state index contributed by atoms with van der Waals surface area (Å²) in [6.07, 6.45) is 1.68. The molecule has 0 bridgehead atoms. The molecule has 0 aliphatic carbocycles. The standard InChI is InChI=1S/C20H32N2O6S/c1-5-29(25,26)21-10-7-17(8-11-21)20(24)28-14-19(23)18-13-15(2)22(16(18)3)9-6-12-27-4/h13,17H,5-12,14H2,1-4H3. The molecule has 1 aromatic rings. The van der Waals surface area contributed by atoms with Crippen LogP contribution in [0.2, 0.25) is 0 Å². The van der Waals surface area contributed by atoms with Crippen molar-refractivity contribution < 1.29 is 27.5 Å². The number of sulfonamides is 1. The second-order valence-electron chi connectivity index (χ2n) is 7.39. The van der Waals surface area contributed by atoms with Gasteiger partial charge in [-0.25, -0.2) is 12.7 Å². The van der Waals surface area contributed by atoms with Crippen LogP contribution in [0.25, 0.3) is 0 Å². The van der Waals surface area contributed by atoms with Crippen molar-refractivity contribution in [1.29, 1.82) is 0 Å². The Morgan fingerprint density at radius 2 is 1.86 bits per heavy atom. The second kappa shape index (κ2) is 10.4. The van der Waals surface area contributed by atoms with Gasteiger partial charge in [-0.2, -0.15) is 0 Å². The minimum Gasteiger partial charge on any atom is -0.457 e. The van der Waals surface area contributed by atoms with E-state index >= 15 is 0 Å². The van der Waals surface area contributed by atoms with Crippen LogP contribution in [0.15, 0.2) is 6.07 Å². The first kappa shape index (κ1) is 23.6. The molecule has 0 radical (unpaired) electrons. The van der Waals surface area contributed by atoms with Crippen molar-refractivity contribution >= 4 is 21.8 Å². The summed E-state index contributed by atoms with van der Waals surface area (Å²) in [5, 5.41) is 0. The number of nitrogens with zero attached hydrogens (tertiary/aromatic N) is 2. The molecule has 1 aliphatic rings. The Morgan fingerprint density at radius 1 is 1.21 bits per heavy atom. The number of carbonyl (C=O) groups excluding carboxylic acids is 2. The summed E-state index contributed by atoms with van der Waals surface area (Å²) in [6.45, 7) is 7.18. The second-order valence-corrected chi connectivity index (χ2v) is 9.65. The minimum atomic E-state index is -3.23. The van der Waals surface area contributed by atoms with Gasteiger partial charge in [0.1, 0.15) is 0 Å². The maximum atomic E-state index is 12.6. The fraction of sp³-hybridized carbons (Fsp3) is 0.700. The summed E-state index contributed by atoms with van der Waals surface area (Å²) in [6, 6.07) is 1.83. The van der Waals surface area contributed by atoms with Crippen LogP contribution in [0.1, 0.15) is 47.9 Å². The van der Waals surface area contributed by atoms with E-state index in [1.165, 1.54) is 4.31 Å². The smallest absolute Gasteiger partial charge is 0.309 e. The molecule has 1 saturated heterocycles. The van der Waals surface area contributed by atoms with Crippen molar-refractivity contribution in [3.8, 4) is 0 Å². The van der Waals surface area contributed by atoms with E-state index in [0.717, 1.165) is 24.4 Å². The van der Waals surface area contributed by atoms with Gasteiger partial charge in [0.2, 0.25) is 15.8 Å². The first-order valence-electron chi connectivity index (χ1n) is 10.0. The molecular formula is C20H32N2O6S. The third-order valence-electron chi connectivity index (χ3n) is 5.50. The molecule has 2 heterocycles. The van der Waals surface area contributed by atoms with E-state index in [1.54, 1.807) is 14.0 Å².